The van der Waals surface area contributed by atoms with Gasteiger partial charge < -0.3 is 10.1 Å². The molecule has 0 spiro atoms. The third-order valence-electron chi connectivity index (χ3n) is 3.40. The van der Waals surface area contributed by atoms with Crippen molar-refractivity contribution in [3.05, 3.63) is 0 Å². The molecule has 1 N–H and O–H groups in total. The molecule has 0 bridgehead atoms. The standard InChI is InChI=1S/C17H31NO2Si/c1-17(2,3)20-16(19)18-15(12-13-21(4,5)6)14-10-8-7-9-11-14/h14-15H,7-11H2,1-6H3,(H,18,19)/t15-/m0/s1. The SMILES string of the molecule is CC(C)(C)OC(=O)N[C@@H](C#C[Si](C)(C)C)C1CCCCC1. The minimum Gasteiger partial charge on any atom is -0.444 e. The molecule has 1 rings (SSSR count). The Kier molecular flexibility index (Phi) is 6.34. The highest BCUT2D eigenvalue weighted by Crippen LogP contribution is 2.26. The minimum atomic E-state index is -1.43. The van der Waals surface area contributed by atoms with Crippen molar-refractivity contribution < 1.29 is 9.53 Å². The number of hydrogen-bond acceptors (Lipinski definition) is 2. The Morgan fingerprint density at radius 3 is 2.24 bits per heavy atom. The van der Waals surface area contributed by atoms with E-state index in [0.29, 0.717) is 5.92 Å². The molecule has 21 heavy (non-hydrogen) atoms. The van der Waals surface area contributed by atoms with Crippen molar-refractivity contribution in [3.63, 3.8) is 0 Å². The fraction of sp³-hybridized carbons (Fsp3) is 0.824. The van der Waals surface area contributed by atoms with Crippen molar-refractivity contribution in [2.75, 3.05) is 0 Å². The van der Waals surface area contributed by atoms with Crippen molar-refractivity contribution in [3.8, 4) is 11.5 Å². The van der Waals surface area contributed by atoms with Crippen LogP contribution in [-0.4, -0.2) is 25.8 Å². The van der Waals surface area contributed by atoms with Gasteiger partial charge in [0.1, 0.15) is 13.7 Å². The number of rotatable bonds is 2. The van der Waals surface area contributed by atoms with Crippen molar-refractivity contribution >= 4 is 14.2 Å². The highest BCUT2D eigenvalue weighted by atomic mass is 28.3. The summed E-state index contributed by atoms with van der Waals surface area (Å²) in [6.07, 6.45) is 5.75. The second-order valence-corrected chi connectivity index (χ2v) is 12.8. The molecule has 1 amide bonds. The summed E-state index contributed by atoms with van der Waals surface area (Å²) < 4.78 is 5.38. The van der Waals surface area contributed by atoms with Gasteiger partial charge in [-0.3, -0.25) is 0 Å². The molecule has 1 saturated carbocycles. The average molecular weight is 310 g/mol. The lowest BCUT2D eigenvalue weighted by Gasteiger charge is -2.29. The second-order valence-electron chi connectivity index (χ2n) is 8.04. The van der Waals surface area contributed by atoms with Crippen molar-refractivity contribution in [2.24, 2.45) is 5.92 Å². The molecule has 1 fully saturated rings. The molecule has 4 heteroatoms. The molecular weight excluding hydrogens is 278 g/mol. The molecule has 1 aliphatic rings. The molecule has 1 aliphatic carbocycles. The lowest BCUT2D eigenvalue weighted by atomic mass is 9.84. The summed E-state index contributed by atoms with van der Waals surface area (Å²) in [4.78, 5) is 12.0. The lowest BCUT2D eigenvalue weighted by molar-refractivity contribution is 0.0497. The summed E-state index contributed by atoms with van der Waals surface area (Å²) in [5.41, 5.74) is 2.94. The molecule has 0 aliphatic heterocycles. The van der Waals surface area contributed by atoms with E-state index in [1.54, 1.807) is 0 Å². The second kappa shape index (κ2) is 7.35. The molecule has 0 aromatic carbocycles. The molecule has 3 nitrogen and oxygen atoms in total. The van der Waals surface area contributed by atoms with Crippen LogP contribution in [0.25, 0.3) is 0 Å². The van der Waals surface area contributed by atoms with E-state index in [1.165, 1.54) is 19.3 Å². The Bertz CT molecular complexity index is 403. The van der Waals surface area contributed by atoms with Crippen LogP contribution < -0.4 is 5.32 Å². The molecule has 0 radical (unpaired) electrons. The number of alkyl carbamates (subject to hydrolysis) is 1. The van der Waals surface area contributed by atoms with Crippen LogP contribution in [0.4, 0.5) is 4.79 Å². The number of ether oxygens (including phenoxy) is 1. The predicted molar refractivity (Wildman–Crippen MR) is 90.9 cm³/mol. The van der Waals surface area contributed by atoms with Gasteiger partial charge in [-0.05, 0) is 39.5 Å². The third kappa shape index (κ3) is 8.16. The topological polar surface area (TPSA) is 38.3 Å². The van der Waals surface area contributed by atoms with Gasteiger partial charge in [0.15, 0.2) is 0 Å². The first-order valence-corrected chi connectivity index (χ1v) is 11.6. The van der Waals surface area contributed by atoms with Crippen LogP contribution in [0.1, 0.15) is 52.9 Å². The third-order valence-corrected chi connectivity index (χ3v) is 4.29. The quantitative estimate of drug-likeness (QED) is 0.608. The Morgan fingerprint density at radius 2 is 1.76 bits per heavy atom. The van der Waals surface area contributed by atoms with Gasteiger partial charge in [-0.15, -0.1) is 5.54 Å². The van der Waals surface area contributed by atoms with Crippen molar-refractivity contribution in [1.82, 2.24) is 5.32 Å². The van der Waals surface area contributed by atoms with Crippen LogP contribution in [-0.2, 0) is 4.74 Å². The van der Waals surface area contributed by atoms with E-state index in [0.717, 1.165) is 12.8 Å². The van der Waals surface area contributed by atoms with E-state index in [2.05, 4.69) is 36.4 Å². The highest BCUT2D eigenvalue weighted by molar-refractivity contribution is 6.83. The Balaban J connectivity index is 2.75. The maximum Gasteiger partial charge on any atom is 0.408 e. The summed E-state index contributed by atoms with van der Waals surface area (Å²) in [6, 6.07) is -0.0631. The lowest BCUT2D eigenvalue weighted by Crippen LogP contribution is -2.43. The van der Waals surface area contributed by atoms with E-state index in [9.17, 15) is 4.79 Å². The first kappa shape index (κ1) is 18.1. The maximum atomic E-state index is 12.0. The largest absolute Gasteiger partial charge is 0.444 e. The molecular formula is C17H31NO2Si. The van der Waals surface area contributed by atoms with E-state index < -0.39 is 13.7 Å². The fourth-order valence-corrected chi connectivity index (χ4v) is 3.06. The van der Waals surface area contributed by atoms with Gasteiger partial charge in [0.05, 0.1) is 6.04 Å². The number of carbonyl (C=O) groups excluding carboxylic acids is 1. The van der Waals surface area contributed by atoms with Crippen molar-refractivity contribution in [2.45, 2.75) is 84.2 Å². The Hall–Kier alpha value is -0.953. The highest BCUT2D eigenvalue weighted by Gasteiger charge is 2.26. The Morgan fingerprint density at radius 1 is 1.19 bits per heavy atom. The van der Waals surface area contributed by atoms with Gasteiger partial charge in [0.25, 0.3) is 0 Å². The van der Waals surface area contributed by atoms with Gasteiger partial charge in [-0.25, -0.2) is 4.79 Å². The summed E-state index contributed by atoms with van der Waals surface area (Å²) in [5, 5.41) is 3.00. The molecule has 0 aromatic rings. The zero-order valence-corrected chi connectivity index (χ0v) is 15.5. The van der Waals surface area contributed by atoms with Gasteiger partial charge in [0.2, 0.25) is 0 Å². The van der Waals surface area contributed by atoms with Crippen LogP contribution in [0.15, 0.2) is 0 Å². The van der Waals surface area contributed by atoms with Gasteiger partial charge in [-0.1, -0.05) is 44.8 Å². The number of nitrogens with one attached hydrogen (secondary N) is 1. The maximum absolute atomic E-state index is 12.0. The number of carbonyl (C=O) groups is 1. The normalized spacial score (nSPS) is 18.4. The first-order valence-electron chi connectivity index (χ1n) is 8.09. The molecule has 0 aromatic heterocycles. The van der Waals surface area contributed by atoms with E-state index in [4.69, 9.17) is 4.74 Å². The molecule has 1 atom stereocenters. The Labute approximate surface area is 131 Å². The summed E-state index contributed by atoms with van der Waals surface area (Å²) in [5.74, 6) is 3.81. The number of hydrogen-bond donors (Lipinski definition) is 1. The van der Waals surface area contributed by atoms with Crippen LogP contribution in [0.2, 0.25) is 19.6 Å². The van der Waals surface area contributed by atoms with Gasteiger partial charge in [-0.2, -0.15) is 0 Å². The summed E-state index contributed by atoms with van der Waals surface area (Å²) in [6.45, 7) is 12.3. The molecule has 0 saturated heterocycles. The van der Waals surface area contributed by atoms with Crippen LogP contribution >= 0.6 is 0 Å². The smallest absolute Gasteiger partial charge is 0.408 e. The molecule has 120 valence electrons. The van der Waals surface area contributed by atoms with Crippen molar-refractivity contribution in [1.29, 1.82) is 0 Å². The summed E-state index contributed by atoms with van der Waals surface area (Å²) in [7, 11) is -1.43. The van der Waals surface area contributed by atoms with E-state index in [-0.39, 0.29) is 12.1 Å². The van der Waals surface area contributed by atoms with E-state index in [1.807, 2.05) is 20.8 Å². The van der Waals surface area contributed by atoms with Crippen LogP contribution in [0.5, 0.6) is 0 Å². The molecule has 0 heterocycles. The predicted octanol–water partition coefficient (Wildman–Crippen LogP) is 4.34. The van der Waals surface area contributed by atoms with Crippen LogP contribution in [0.3, 0.4) is 0 Å². The van der Waals surface area contributed by atoms with Crippen LogP contribution in [0, 0.1) is 17.4 Å². The van der Waals surface area contributed by atoms with E-state index >= 15 is 0 Å². The zero-order chi connectivity index (χ0) is 16.1. The monoisotopic (exact) mass is 309 g/mol. The zero-order valence-electron chi connectivity index (χ0n) is 14.5. The fourth-order valence-electron chi connectivity index (χ4n) is 2.47. The number of amides is 1. The first-order chi connectivity index (χ1) is 9.57. The average Bonchev–Trinajstić information content (AvgIpc) is 2.32. The molecule has 0 unspecified atom stereocenters. The van der Waals surface area contributed by atoms with Gasteiger partial charge >= 0.3 is 6.09 Å². The van der Waals surface area contributed by atoms with Gasteiger partial charge in [0, 0.05) is 0 Å². The minimum absolute atomic E-state index is 0.0631. The summed E-state index contributed by atoms with van der Waals surface area (Å²) >= 11 is 0.